The molecule has 3 atom stereocenters. The van der Waals surface area contributed by atoms with Crippen LogP contribution in [0.5, 0.6) is 0 Å². The van der Waals surface area contributed by atoms with Crippen LogP contribution in [0.25, 0.3) is 0 Å². The number of nitrogens with one attached hydrogen (secondary N) is 1. The van der Waals surface area contributed by atoms with E-state index >= 15 is 0 Å². The number of hydrogen-bond donors (Lipinski definition) is 1. The minimum Gasteiger partial charge on any atom is -0.347 e. The standard InChI is InChI=1S/C13H17Cl5N2OS/c1-7(11(14)15)5-10(21)20-9(12-19-3-4-22-12)6-8(2)13(16,17)18/h3-4,7-9,11H,5-6H2,1-2H3,(H,20,21)/t7-,8-,9-/m0/s1. The summed E-state index contributed by atoms with van der Waals surface area (Å²) >= 11 is 30.7. The Balaban J connectivity index is 2.74. The summed E-state index contributed by atoms with van der Waals surface area (Å²) in [6.45, 7) is 3.63. The van der Waals surface area contributed by atoms with Crippen LogP contribution in [0.2, 0.25) is 0 Å². The van der Waals surface area contributed by atoms with E-state index in [0.717, 1.165) is 5.01 Å². The Morgan fingerprint density at radius 2 is 2.00 bits per heavy atom. The van der Waals surface area contributed by atoms with Crippen LogP contribution < -0.4 is 5.32 Å². The molecule has 1 N–H and O–H groups in total. The van der Waals surface area contributed by atoms with E-state index in [1.165, 1.54) is 11.3 Å². The van der Waals surface area contributed by atoms with Crippen LogP contribution in [0.3, 0.4) is 0 Å². The molecule has 1 amide bonds. The first kappa shape index (κ1) is 20.6. The van der Waals surface area contributed by atoms with Crippen molar-refractivity contribution in [3.05, 3.63) is 16.6 Å². The minimum absolute atomic E-state index is 0.147. The van der Waals surface area contributed by atoms with Crippen molar-refractivity contribution in [2.24, 2.45) is 11.8 Å². The van der Waals surface area contributed by atoms with Gasteiger partial charge in [0.25, 0.3) is 0 Å². The highest BCUT2D eigenvalue weighted by Gasteiger charge is 2.32. The number of aromatic nitrogens is 1. The summed E-state index contributed by atoms with van der Waals surface area (Å²) in [5, 5.41) is 5.54. The lowest BCUT2D eigenvalue weighted by molar-refractivity contribution is -0.122. The lowest BCUT2D eigenvalue weighted by Gasteiger charge is -2.25. The van der Waals surface area contributed by atoms with Crippen molar-refractivity contribution in [2.75, 3.05) is 0 Å². The summed E-state index contributed by atoms with van der Waals surface area (Å²) in [7, 11) is 0. The van der Waals surface area contributed by atoms with Gasteiger partial charge in [0.15, 0.2) is 3.79 Å². The van der Waals surface area contributed by atoms with Gasteiger partial charge >= 0.3 is 0 Å². The highest BCUT2D eigenvalue weighted by atomic mass is 35.6. The monoisotopic (exact) mass is 424 g/mol. The molecule has 0 fully saturated rings. The van der Waals surface area contributed by atoms with Gasteiger partial charge in [-0.25, -0.2) is 4.98 Å². The van der Waals surface area contributed by atoms with Gasteiger partial charge in [0, 0.05) is 23.9 Å². The third-order valence-corrected chi connectivity index (χ3v) is 6.04. The molecule has 9 heteroatoms. The molecule has 3 nitrogen and oxygen atoms in total. The summed E-state index contributed by atoms with van der Waals surface area (Å²) in [6, 6.07) is -0.311. The molecule has 0 unspecified atom stereocenters. The molecule has 0 aliphatic heterocycles. The van der Waals surface area contributed by atoms with Crippen molar-refractivity contribution in [1.82, 2.24) is 10.3 Å². The second-order valence-electron chi connectivity index (χ2n) is 5.18. The van der Waals surface area contributed by atoms with E-state index in [1.54, 1.807) is 6.20 Å². The maximum atomic E-state index is 12.1. The van der Waals surface area contributed by atoms with Crippen LogP contribution in [-0.4, -0.2) is 19.5 Å². The van der Waals surface area contributed by atoms with Gasteiger partial charge in [-0.05, 0) is 12.3 Å². The number of carbonyl (C=O) groups excluding carboxylic acids is 1. The van der Waals surface area contributed by atoms with Crippen LogP contribution in [0.4, 0.5) is 0 Å². The minimum atomic E-state index is -1.40. The van der Waals surface area contributed by atoms with Crippen molar-refractivity contribution in [3.63, 3.8) is 0 Å². The Kier molecular flexibility index (Phi) is 8.56. The first-order chi connectivity index (χ1) is 10.1. The van der Waals surface area contributed by atoms with Crippen molar-refractivity contribution < 1.29 is 4.79 Å². The third-order valence-electron chi connectivity index (χ3n) is 3.17. The van der Waals surface area contributed by atoms with Gasteiger partial charge in [-0.15, -0.1) is 34.5 Å². The summed E-state index contributed by atoms with van der Waals surface area (Å²) < 4.78 is -1.40. The molecule has 126 valence electrons. The second-order valence-corrected chi connectivity index (χ2v) is 9.64. The van der Waals surface area contributed by atoms with Gasteiger partial charge in [-0.3, -0.25) is 4.79 Å². The quantitative estimate of drug-likeness (QED) is 0.583. The van der Waals surface area contributed by atoms with Gasteiger partial charge in [0.2, 0.25) is 5.91 Å². The molecular formula is C13H17Cl5N2OS. The summed E-state index contributed by atoms with van der Waals surface area (Å²) in [5.74, 6) is -0.556. The van der Waals surface area contributed by atoms with Crippen molar-refractivity contribution in [2.45, 2.75) is 41.4 Å². The first-order valence-electron chi connectivity index (χ1n) is 6.64. The zero-order valence-corrected chi connectivity index (χ0v) is 16.6. The Labute approximate surface area is 159 Å². The largest absolute Gasteiger partial charge is 0.347 e. The fourth-order valence-corrected chi connectivity index (χ4v) is 2.90. The van der Waals surface area contributed by atoms with Crippen molar-refractivity contribution in [1.29, 1.82) is 0 Å². The van der Waals surface area contributed by atoms with E-state index in [1.807, 2.05) is 19.2 Å². The molecule has 0 spiro atoms. The van der Waals surface area contributed by atoms with Crippen LogP contribution >= 0.6 is 69.3 Å². The highest BCUT2D eigenvalue weighted by Crippen LogP contribution is 2.39. The maximum absolute atomic E-state index is 12.1. The lowest BCUT2D eigenvalue weighted by atomic mass is 10.0. The normalized spacial score (nSPS) is 16.4. The number of hydrogen-bond acceptors (Lipinski definition) is 3. The van der Waals surface area contributed by atoms with Crippen LogP contribution in [0.15, 0.2) is 11.6 Å². The number of carbonyl (C=O) groups is 1. The summed E-state index contributed by atoms with van der Waals surface area (Å²) in [4.78, 5) is 15.8. The molecule has 1 aromatic heterocycles. The number of rotatable bonds is 7. The Bertz CT molecular complexity index is 463. The molecule has 0 aliphatic carbocycles. The molecular weight excluding hydrogens is 409 g/mol. The second kappa shape index (κ2) is 9.14. The third kappa shape index (κ3) is 6.98. The molecule has 0 bridgehead atoms. The van der Waals surface area contributed by atoms with E-state index in [-0.39, 0.29) is 30.2 Å². The van der Waals surface area contributed by atoms with E-state index in [0.29, 0.717) is 6.42 Å². The van der Waals surface area contributed by atoms with E-state index in [4.69, 9.17) is 58.0 Å². The average Bonchev–Trinajstić information content (AvgIpc) is 2.90. The highest BCUT2D eigenvalue weighted by molar-refractivity contribution is 7.09. The number of alkyl halides is 5. The zero-order valence-electron chi connectivity index (χ0n) is 12.0. The Morgan fingerprint density at radius 1 is 1.36 bits per heavy atom. The Morgan fingerprint density at radius 3 is 2.45 bits per heavy atom. The molecule has 0 saturated heterocycles. The van der Waals surface area contributed by atoms with Crippen molar-refractivity contribution in [3.8, 4) is 0 Å². The Hall–Kier alpha value is 0.550. The SMILES string of the molecule is C[C@@H](CC(=O)N[C@@H](C[C@H](C)C(Cl)(Cl)Cl)c1nccs1)C(Cl)Cl. The molecule has 0 radical (unpaired) electrons. The van der Waals surface area contributed by atoms with Crippen molar-refractivity contribution >= 4 is 75.2 Å². The maximum Gasteiger partial charge on any atom is 0.220 e. The van der Waals surface area contributed by atoms with Crippen LogP contribution in [0.1, 0.15) is 37.7 Å². The zero-order chi connectivity index (χ0) is 16.9. The molecule has 0 saturated carbocycles. The van der Waals surface area contributed by atoms with Gasteiger partial charge in [-0.2, -0.15) is 0 Å². The smallest absolute Gasteiger partial charge is 0.220 e. The topological polar surface area (TPSA) is 42.0 Å². The van der Waals surface area contributed by atoms with E-state index in [2.05, 4.69) is 10.3 Å². The number of halogens is 5. The van der Waals surface area contributed by atoms with Crippen LogP contribution in [-0.2, 0) is 4.79 Å². The first-order valence-corrected chi connectivity index (χ1v) is 9.53. The average molecular weight is 427 g/mol. The molecule has 0 aromatic carbocycles. The number of nitrogens with zero attached hydrogens (tertiary/aromatic N) is 1. The van der Waals surface area contributed by atoms with Gasteiger partial charge in [0.1, 0.15) is 9.84 Å². The van der Waals surface area contributed by atoms with Gasteiger partial charge in [0.05, 0.1) is 6.04 Å². The predicted octanol–water partition coefficient (Wildman–Crippen LogP) is 5.53. The molecule has 1 aromatic rings. The van der Waals surface area contributed by atoms with E-state index < -0.39 is 8.63 Å². The lowest BCUT2D eigenvalue weighted by Crippen LogP contribution is -2.33. The number of amides is 1. The fourth-order valence-electron chi connectivity index (χ4n) is 1.75. The van der Waals surface area contributed by atoms with E-state index in [9.17, 15) is 4.79 Å². The molecule has 0 aliphatic rings. The summed E-state index contributed by atoms with van der Waals surface area (Å²) in [5.41, 5.74) is 0. The fraction of sp³-hybridized carbons (Fsp3) is 0.692. The predicted molar refractivity (Wildman–Crippen MR) is 96.3 cm³/mol. The number of thiazole rings is 1. The molecule has 1 heterocycles. The van der Waals surface area contributed by atoms with Gasteiger partial charge < -0.3 is 5.32 Å². The van der Waals surface area contributed by atoms with Crippen LogP contribution in [0, 0.1) is 11.8 Å². The summed E-state index contributed by atoms with van der Waals surface area (Å²) in [6.07, 6.45) is 2.37. The van der Waals surface area contributed by atoms with Gasteiger partial charge in [-0.1, -0.05) is 48.7 Å². The molecule has 1 rings (SSSR count). The molecule has 22 heavy (non-hydrogen) atoms.